The zero-order valence-corrected chi connectivity index (χ0v) is 13.7. The summed E-state index contributed by atoms with van der Waals surface area (Å²) in [7, 11) is 0. The Balaban J connectivity index is 2.02. The van der Waals surface area contributed by atoms with Gasteiger partial charge in [-0.2, -0.15) is 18.2 Å². The van der Waals surface area contributed by atoms with Crippen molar-refractivity contribution >= 4 is 11.8 Å². The quantitative estimate of drug-likeness (QED) is 0.605. The molecule has 1 fully saturated rings. The summed E-state index contributed by atoms with van der Waals surface area (Å²) in [5, 5.41) is 17.9. The molecule has 2 heterocycles. The lowest BCUT2D eigenvalue weighted by atomic mass is 9.95. The molecule has 1 aliphatic heterocycles. The molecule has 0 aliphatic carbocycles. The SMILES string of the molecule is C[C@@H](CO)Nc1nc(NCCC2CCNCC2)cc(C(F)(F)F)n1. The second kappa shape index (κ2) is 8.48. The zero-order chi connectivity index (χ0) is 17.6. The van der Waals surface area contributed by atoms with Gasteiger partial charge in [-0.3, -0.25) is 0 Å². The van der Waals surface area contributed by atoms with Gasteiger partial charge in [0.05, 0.1) is 6.61 Å². The van der Waals surface area contributed by atoms with E-state index in [1.165, 1.54) is 0 Å². The number of hydrogen-bond donors (Lipinski definition) is 4. The van der Waals surface area contributed by atoms with Crippen LogP contribution in [0.3, 0.4) is 0 Å². The standard InChI is InChI=1S/C15H24F3N5O/c1-10(9-24)21-14-22-12(15(16,17)18)8-13(23-14)20-7-4-11-2-5-19-6-3-11/h8,10-11,19,24H,2-7,9H2,1H3,(H2,20,21,22,23)/t10-/m0/s1. The minimum absolute atomic E-state index is 0.138. The van der Waals surface area contributed by atoms with Crippen LogP contribution in [-0.4, -0.2) is 47.4 Å². The van der Waals surface area contributed by atoms with Gasteiger partial charge >= 0.3 is 6.18 Å². The van der Waals surface area contributed by atoms with Crippen LogP contribution in [0.2, 0.25) is 0 Å². The van der Waals surface area contributed by atoms with Crippen molar-refractivity contribution in [2.45, 2.75) is 38.4 Å². The van der Waals surface area contributed by atoms with Gasteiger partial charge in [-0.15, -0.1) is 0 Å². The van der Waals surface area contributed by atoms with E-state index in [0.717, 1.165) is 38.4 Å². The molecular weight excluding hydrogens is 323 g/mol. The molecule has 9 heteroatoms. The first-order valence-electron chi connectivity index (χ1n) is 8.16. The maximum absolute atomic E-state index is 13.0. The summed E-state index contributed by atoms with van der Waals surface area (Å²) in [6.07, 6.45) is -1.49. The lowest BCUT2D eigenvalue weighted by Crippen LogP contribution is -2.28. The third-order valence-corrected chi connectivity index (χ3v) is 3.98. The lowest BCUT2D eigenvalue weighted by Gasteiger charge is -2.22. The Morgan fingerprint density at radius 2 is 2.04 bits per heavy atom. The van der Waals surface area contributed by atoms with Crippen LogP contribution in [0, 0.1) is 5.92 Å². The van der Waals surface area contributed by atoms with E-state index in [1.807, 2.05) is 0 Å². The van der Waals surface area contributed by atoms with E-state index in [2.05, 4.69) is 25.9 Å². The predicted molar refractivity (Wildman–Crippen MR) is 85.9 cm³/mol. The highest BCUT2D eigenvalue weighted by Crippen LogP contribution is 2.29. The Morgan fingerprint density at radius 1 is 1.33 bits per heavy atom. The summed E-state index contributed by atoms with van der Waals surface area (Å²) >= 11 is 0. The topological polar surface area (TPSA) is 82.1 Å². The molecule has 1 atom stereocenters. The Hall–Kier alpha value is -1.61. The zero-order valence-electron chi connectivity index (χ0n) is 13.7. The summed E-state index contributed by atoms with van der Waals surface area (Å²) in [6, 6.07) is 0.480. The third-order valence-electron chi connectivity index (χ3n) is 3.98. The van der Waals surface area contributed by atoms with Gasteiger partial charge in [0.25, 0.3) is 0 Å². The molecule has 0 amide bonds. The van der Waals surface area contributed by atoms with E-state index in [0.29, 0.717) is 12.5 Å². The summed E-state index contributed by atoms with van der Waals surface area (Å²) in [5.74, 6) is 0.573. The highest BCUT2D eigenvalue weighted by Gasteiger charge is 2.33. The molecule has 2 rings (SSSR count). The molecule has 136 valence electrons. The van der Waals surface area contributed by atoms with Crippen molar-refractivity contribution in [1.29, 1.82) is 0 Å². The van der Waals surface area contributed by atoms with E-state index in [1.54, 1.807) is 6.92 Å². The Kier molecular flexibility index (Phi) is 6.61. The van der Waals surface area contributed by atoms with Crippen LogP contribution in [0.5, 0.6) is 0 Å². The molecule has 4 N–H and O–H groups in total. The van der Waals surface area contributed by atoms with Crippen LogP contribution in [-0.2, 0) is 6.18 Å². The summed E-state index contributed by atoms with van der Waals surface area (Å²) in [5.41, 5.74) is -1.01. The highest BCUT2D eigenvalue weighted by molar-refractivity contribution is 5.43. The molecule has 1 saturated heterocycles. The molecular formula is C15H24F3N5O. The van der Waals surface area contributed by atoms with Crippen molar-refractivity contribution in [3.63, 3.8) is 0 Å². The van der Waals surface area contributed by atoms with E-state index in [4.69, 9.17) is 5.11 Å². The molecule has 1 aromatic rings. The number of nitrogens with one attached hydrogen (secondary N) is 3. The number of hydrogen-bond acceptors (Lipinski definition) is 6. The number of alkyl halides is 3. The minimum Gasteiger partial charge on any atom is -0.394 e. The van der Waals surface area contributed by atoms with Crippen molar-refractivity contribution < 1.29 is 18.3 Å². The molecule has 0 spiro atoms. The maximum atomic E-state index is 13.0. The van der Waals surface area contributed by atoms with E-state index < -0.39 is 17.9 Å². The number of aliphatic hydroxyl groups is 1. The van der Waals surface area contributed by atoms with Gasteiger partial charge < -0.3 is 21.1 Å². The summed E-state index contributed by atoms with van der Waals surface area (Å²) < 4.78 is 38.9. The summed E-state index contributed by atoms with van der Waals surface area (Å²) in [6.45, 7) is 3.95. The van der Waals surface area contributed by atoms with Gasteiger partial charge in [0, 0.05) is 18.7 Å². The molecule has 0 aromatic carbocycles. The number of piperidine rings is 1. The van der Waals surface area contributed by atoms with Gasteiger partial charge in [0.1, 0.15) is 5.82 Å². The number of halogens is 3. The Morgan fingerprint density at radius 3 is 2.67 bits per heavy atom. The van der Waals surface area contributed by atoms with Crippen molar-refractivity contribution in [1.82, 2.24) is 15.3 Å². The molecule has 0 unspecified atom stereocenters. The number of aromatic nitrogens is 2. The summed E-state index contributed by atoms with van der Waals surface area (Å²) in [4.78, 5) is 7.54. The molecule has 0 radical (unpaired) electrons. The average Bonchev–Trinajstić information content (AvgIpc) is 2.55. The van der Waals surface area contributed by atoms with Gasteiger partial charge in [-0.05, 0) is 45.2 Å². The predicted octanol–water partition coefficient (Wildman–Crippen LogP) is 2.09. The monoisotopic (exact) mass is 347 g/mol. The normalized spacial score (nSPS) is 17.5. The van der Waals surface area contributed by atoms with Crippen LogP contribution in [0.15, 0.2) is 6.07 Å². The maximum Gasteiger partial charge on any atom is 0.433 e. The average molecular weight is 347 g/mol. The van der Waals surface area contributed by atoms with Gasteiger partial charge in [-0.25, -0.2) is 4.98 Å². The fourth-order valence-electron chi connectivity index (χ4n) is 2.59. The van der Waals surface area contributed by atoms with E-state index in [-0.39, 0.29) is 18.4 Å². The largest absolute Gasteiger partial charge is 0.433 e. The number of aliphatic hydroxyl groups excluding tert-OH is 1. The second-order valence-electron chi connectivity index (χ2n) is 6.10. The molecule has 0 bridgehead atoms. The van der Waals surface area contributed by atoms with E-state index in [9.17, 15) is 13.2 Å². The fourth-order valence-corrected chi connectivity index (χ4v) is 2.59. The lowest BCUT2D eigenvalue weighted by molar-refractivity contribution is -0.141. The Labute approximate surface area is 139 Å². The third kappa shape index (κ3) is 5.79. The first-order valence-corrected chi connectivity index (χ1v) is 8.16. The van der Waals surface area contributed by atoms with Crippen LogP contribution >= 0.6 is 0 Å². The highest BCUT2D eigenvalue weighted by atomic mass is 19.4. The molecule has 6 nitrogen and oxygen atoms in total. The van der Waals surface area contributed by atoms with Crippen LogP contribution < -0.4 is 16.0 Å². The van der Waals surface area contributed by atoms with E-state index >= 15 is 0 Å². The second-order valence-corrected chi connectivity index (χ2v) is 6.10. The van der Waals surface area contributed by atoms with Crippen LogP contribution in [0.25, 0.3) is 0 Å². The number of nitrogens with zero attached hydrogens (tertiary/aromatic N) is 2. The van der Waals surface area contributed by atoms with Crippen molar-refractivity contribution in [2.24, 2.45) is 5.92 Å². The first-order chi connectivity index (χ1) is 11.4. The molecule has 1 aliphatic rings. The minimum atomic E-state index is -4.55. The molecule has 1 aromatic heterocycles. The van der Waals surface area contributed by atoms with Crippen molar-refractivity contribution in [3.8, 4) is 0 Å². The van der Waals surface area contributed by atoms with Gasteiger partial charge in [0.15, 0.2) is 5.69 Å². The van der Waals surface area contributed by atoms with Crippen molar-refractivity contribution in [2.75, 3.05) is 36.9 Å². The Bertz CT molecular complexity index is 520. The molecule has 0 saturated carbocycles. The van der Waals surface area contributed by atoms with Crippen LogP contribution in [0.1, 0.15) is 31.9 Å². The van der Waals surface area contributed by atoms with Gasteiger partial charge in [-0.1, -0.05) is 0 Å². The van der Waals surface area contributed by atoms with Crippen molar-refractivity contribution in [3.05, 3.63) is 11.8 Å². The number of anilines is 2. The smallest absolute Gasteiger partial charge is 0.394 e. The fraction of sp³-hybridized carbons (Fsp3) is 0.733. The van der Waals surface area contributed by atoms with Crippen LogP contribution in [0.4, 0.5) is 24.9 Å². The number of rotatable bonds is 7. The van der Waals surface area contributed by atoms with Gasteiger partial charge in [0.2, 0.25) is 5.95 Å². The molecule has 24 heavy (non-hydrogen) atoms. The first kappa shape index (κ1) is 18.7.